The third kappa shape index (κ3) is 4.70. The summed E-state index contributed by atoms with van der Waals surface area (Å²) in [5.74, 6) is -3.45. The third-order valence-corrected chi connectivity index (χ3v) is 5.37. The van der Waals surface area contributed by atoms with Crippen LogP contribution in [0.2, 0.25) is 5.15 Å². The minimum Gasteiger partial charge on any atom is -0.465 e. The summed E-state index contributed by atoms with van der Waals surface area (Å²) < 4.78 is 6.22. The fourth-order valence-electron chi connectivity index (χ4n) is 3.61. The van der Waals surface area contributed by atoms with Crippen LogP contribution < -0.4 is 5.56 Å². The fraction of sp³-hybridized carbons (Fsp3) is 0.273. The Labute approximate surface area is 193 Å². The molecule has 11 heteroatoms. The van der Waals surface area contributed by atoms with Gasteiger partial charge in [0.25, 0.3) is 0 Å². The first-order chi connectivity index (χ1) is 15.7. The number of para-hydroxylation sites is 1. The number of carbonyl (C=O) groups excluding carboxylic acids is 2. The number of nitro groups is 1. The molecule has 3 rings (SSSR count). The number of carbonyl (C=O) groups is 2. The lowest BCUT2D eigenvalue weighted by molar-refractivity contribution is -0.387. The smallest absolute Gasteiger partial charge is 0.339 e. The van der Waals surface area contributed by atoms with Crippen LogP contribution in [0.5, 0.6) is 0 Å². The summed E-state index contributed by atoms with van der Waals surface area (Å²) in [7, 11) is 2.83. The normalized spacial score (nSPS) is 11.8. The number of esters is 1. The van der Waals surface area contributed by atoms with Crippen LogP contribution in [0.15, 0.2) is 47.4 Å². The first kappa shape index (κ1) is 23.9. The van der Waals surface area contributed by atoms with Gasteiger partial charge in [0, 0.05) is 32.2 Å². The second-order valence-corrected chi connectivity index (χ2v) is 7.66. The van der Waals surface area contributed by atoms with Gasteiger partial charge in [-0.3, -0.25) is 24.5 Å². The zero-order chi connectivity index (χ0) is 24.3. The van der Waals surface area contributed by atoms with E-state index in [0.29, 0.717) is 11.1 Å². The van der Waals surface area contributed by atoms with Crippen molar-refractivity contribution in [1.29, 1.82) is 0 Å². The van der Waals surface area contributed by atoms with E-state index in [9.17, 15) is 24.5 Å². The van der Waals surface area contributed by atoms with Crippen LogP contribution in [-0.2, 0) is 27.9 Å². The van der Waals surface area contributed by atoms with Gasteiger partial charge >= 0.3 is 17.2 Å². The summed E-state index contributed by atoms with van der Waals surface area (Å²) in [6.45, 7) is 1.55. The maximum atomic E-state index is 13.5. The number of pyridine rings is 2. The molecule has 0 aliphatic rings. The van der Waals surface area contributed by atoms with Crippen LogP contribution in [0, 0.1) is 10.1 Å². The molecule has 0 saturated carbocycles. The molecule has 0 radical (unpaired) electrons. The Morgan fingerprint density at radius 3 is 2.58 bits per heavy atom. The number of aromatic nitrogens is 2. The van der Waals surface area contributed by atoms with Gasteiger partial charge in [0.2, 0.25) is 5.91 Å². The van der Waals surface area contributed by atoms with E-state index in [-0.39, 0.29) is 29.3 Å². The maximum Gasteiger partial charge on any atom is 0.339 e. The minimum absolute atomic E-state index is 0.0511. The molecule has 10 nitrogen and oxygen atoms in total. The van der Waals surface area contributed by atoms with Crippen molar-refractivity contribution in [3.8, 4) is 0 Å². The Balaban J connectivity index is 2.21. The minimum atomic E-state index is -1.71. The summed E-state index contributed by atoms with van der Waals surface area (Å²) >= 11 is 5.80. The van der Waals surface area contributed by atoms with E-state index in [1.807, 2.05) is 0 Å². The largest absolute Gasteiger partial charge is 0.465 e. The molecule has 33 heavy (non-hydrogen) atoms. The molecule has 3 aromatic rings. The summed E-state index contributed by atoms with van der Waals surface area (Å²) in [4.78, 5) is 55.6. The average molecular weight is 473 g/mol. The third-order valence-electron chi connectivity index (χ3n) is 5.14. The van der Waals surface area contributed by atoms with Crippen molar-refractivity contribution in [3.63, 3.8) is 0 Å². The van der Waals surface area contributed by atoms with Crippen LogP contribution in [0.3, 0.4) is 0 Å². The number of amides is 1. The lowest BCUT2D eigenvalue weighted by atomic mass is 9.92. The molecule has 0 bridgehead atoms. The number of hydrogen-bond donors (Lipinski definition) is 0. The summed E-state index contributed by atoms with van der Waals surface area (Å²) in [5.41, 5.74) is -1.09. The number of benzene rings is 1. The van der Waals surface area contributed by atoms with Crippen molar-refractivity contribution < 1.29 is 19.2 Å². The van der Waals surface area contributed by atoms with E-state index in [0.717, 1.165) is 4.57 Å². The van der Waals surface area contributed by atoms with Gasteiger partial charge in [-0.15, -0.1) is 0 Å². The highest BCUT2D eigenvalue weighted by atomic mass is 35.5. The van der Waals surface area contributed by atoms with Gasteiger partial charge in [-0.2, -0.15) is 0 Å². The van der Waals surface area contributed by atoms with Crippen molar-refractivity contribution >= 4 is 40.1 Å². The van der Waals surface area contributed by atoms with Gasteiger partial charge in [-0.1, -0.05) is 35.9 Å². The number of nitrogens with zero attached hydrogens (tertiary/aromatic N) is 4. The summed E-state index contributed by atoms with van der Waals surface area (Å²) in [5, 5.41) is 12.4. The Hall–Kier alpha value is -3.79. The second-order valence-electron chi connectivity index (χ2n) is 7.27. The predicted molar refractivity (Wildman–Crippen MR) is 121 cm³/mol. The van der Waals surface area contributed by atoms with Gasteiger partial charge in [0.15, 0.2) is 5.92 Å². The standard InChI is InChI=1S/C22H21ClN4O6/c1-4-33-22(30)18(20(28)25(2)12-13-9-10-16(23)24-11-13)17-14-7-5-6-8-15(14)26(3)21(29)19(17)27(31)32/h5-11,18H,4,12H2,1-3H3. The predicted octanol–water partition coefficient (Wildman–Crippen LogP) is 2.80. The number of ether oxygens (including phenoxy) is 1. The molecule has 1 aromatic carbocycles. The molecule has 0 saturated heterocycles. The number of hydrogen-bond acceptors (Lipinski definition) is 7. The van der Waals surface area contributed by atoms with Crippen molar-refractivity contribution in [3.05, 3.63) is 79.3 Å². The molecule has 0 N–H and O–H groups in total. The Bertz CT molecular complexity index is 1290. The van der Waals surface area contributed by atoms with E-state index in [1.54, 1.807) is 37.3 Å². The molecule has 0 fully saturated rings. The first-order valence-electron chi connectivity index (χ1n) is 9.95. The molecule has 0 spiro atoms. The molecular weight excluding hydrogens is 452 g/mol. The highest BCUT2D eigenvalue weighted by Crippen LogP contribution is 2.33. The number of halogens is 1. The number of aryl methyl sites for hydroxylation is 1. The van der Waals surface area contributed by atoms with Gasteiger partial charge in [-0.25, -0.2) is 4.98 Å². The zero-order valence-corrected chi connectivity index (χ0v) is 18.9. The van der Waals surface area contributed by atoms with Crippen LogP contribution in [0.1, 0.15) is 24.0 Å². The van der Waals surface area contributed by atoms with Crippen LogP contribution in [0.25, 0.3) is 10.9 Å². The van der Waals surface area contributed by atoms with Gasteiger partial charge in [0.05, 0.1) is 22.6 Å². The molecule has 172 valence electrons. The summed E-state index contributed by atoms with van der Waals surface area (Å²) in [6.07, 6.45) is 1.47. The fourth-order valence-corrected chi connectivity index (χ4v) is 3.73. The zero-order valence-electron chi connectivity index (χ0n) is 18.1. The Morgan fingerprint density at radius 1 is 1.27 bits per heavy atom. The Morgan fingerprint density at radius 2 is 1.97 bits per heavy atom. The van der Waals surface area contributed by atoms with E-state index in [1.165, 1.54) is 31.3 Å². The van der Waals surface area contributed by atoms with Crippen molar-refractivity contribution in [1.82, 2.24) is 14.5 Å². The quantitative estimate of drug-likeness (QED) is 0.170. The molecule has 2 heterocycles. The molecule has 0 aliphatic heterocycles. The van der Waals surface area contributed by atoms with E-state index >= 15 is 0 Å². The van der Waals surface area contributed by atoms with E-state index < -0.39 is 34.0 Å². The first-order valence-corrected chi connectivity index (χ1v) is 10.3. The molecular formula is C22H21ClN4O6. The van der Waals surface area contributed by atoms with Crippen molar-refractivity contribution in [2.75, 3.05) is 13.7 Å². The van der Waals surface area contributed by atoms with Crippen LogP contribution in [0.4, 0.5) is 5.69 Å². The SMILES string of the molecule is CCOC(=O)C(C(=O)N(C)Cc1ccc(Cl)nc1)c1c([N+](=O)[O-])c(=O)n(C)c2ccccc12. The number of fused-ring (bicyclic) bond motifs is 1. The molecule has 0 aliphatic carbocycles. The molecule has 2 aromatic heterocycles. The number of likely N-dealkylation sites (N-methyl/N-ethyl adjacent to an activating group) is 1. The van der Waals surface area contributed by atoms with Crippen LogP contribution >= 0.6 is 11.6 Å². The van der Waals surface area contributed by atoms with E-state index in [2.05, 4.69) is 4.98 Å². The van der Waals surface area contributed by atoms with Gasteiger partial charge in [-0.05, 0) is 24.6 Å². The second kappa shape index (κ2) is 9.78. The van der Waals surface area contributed by atoms with E-state index in [4.69, 9.17) is 16.3 Å². The van der Waals surface area contributed by atoms with Crippen molar-refractivity contribution in [2.24, 2.45) is 7.05 Å². The van der Waals surface area contributed by atoms with Gasteiger partial charge < -0.3 is 14.2 Å². The highest BCUT2D eigenvalue weighted by molar-refractivity contribution is 6.29. The van der Waals surface area contributed by atoms with Crippen LogP contribution in [-0.4, -0.2) is 44.9 Å². The molecule has 1 amide bonds. The lowest BCUT2D eigenvalue weighted by Gasteiger charge is -2.24. The average Bonchev–Trinajstić information content (AvgIpc) is 2.78. The summed E-state index contributed by atoms with van der Waals surface area (Å²) in [6, 6.07) is 9.58. The maximum absolute atomic E-state index is 13.5. The highest BCUT2D eigenvalue weighted by Gasteiger charge is 2.41. The molecule has 1 unspecified atom stereocenters. The van der Waals surface area contributed by atoms with Crippen molar-refractivity contribution in [2.45, 2.75) is 19.4 Å². The molecule has 1 atom stereocenters. The monoisotopic (exact) mass is 472 g/mol. The topological polar surface area (TPSA) is 125 Å². The Kier molecular flexibility index (Phi) is 7.07. The van der Waals surface area contributed by atoms with Gasteiger partial charge in [0.1, 0.15) is 5.15 Å². The lowest BCUT2D eigenvalue weighted by Crippen LogP contribution is -2.37. The number of rotatable bonds is 7.